The van der Waals surface area contributed by atoms with Gasteiger partial charge in [-0.3, -0.25) is 4.84 Å². The molecule has 0 bridgehead atoms. The first-order valence-corrected chi connectivity index (χ1v) is 7.89. The second-order valence-corrected chi connectivity index (χ2v) is 5.40. The van der Waals surface area contributed by atoms with E-state index in [1.807, 2.05) is 54.9 Å². The molecule has 0 aliphatic carbocycles. The molecule has 2 N–H and O–H groups in total. The van der Waals surface area contributed by atoms with Gasteiger partial charge in [-0.2, -0.15) is 5.48 Å². The van der Waals surface area contributed by atoms with Gasteiger partial charge in [0.05, 0.1) is 0 Å². The molecule has 1 atom stereocenters. The number of fused-ring (bicyclic) bond motifs is 1. The Balaban J connectivity index is 1.87. The standard InChI is InChI=1S/C18H21NO5/c1-2-3-11-16(17(20)21)24-19-18(22)23-12-14-9-6-8-13-7-4-5-10-15(13)14/h4-10,16H,2-3,11-12H2,1H3,(H,19,22)(H,20,21)/t16-/m0/s1. The van der Waals surface area contributed by atoms with E-state index < -0.39 is 18.2 Å². The summed E-state index contributed by atoms with van der Waals surface area (Å²) in [6.45, 7) is 2.02. The van der Waals surface area contributed by atoms with E-state index >= 15 is 0 Å². The first kappa shape index (κ1) is 17.7. The first-order chi connectivity index (χ1) is 11.6. The van der Waals surface area contributed by atoms with Crippen molar-refractivity contribution < 1.29 is 24.3 Å². The highest BCUT2D eigenvalue weighted by Crippen LogP contribution is 2.19. The zero-order valence-corrected chi connectivity index (χ0v) is 13.5. The monoisotopic (exact) mass is 331 g/mol. The molecule has 0 radical (unpaired) electrons. The fourth-order valence-electron chi connectivity index (χ4n) is 2.33. The fourth-order valence-corrected chi connectivity index (χ4v) is 2.33. The first-order valence-electron chi connectivity index (χ1n) is 7.89. The molecular formula is C18H21NO5. The Morgan fingerprint density at radius 1 is 1.17 bits per heavy atom. The molecule has 2 aromatic carbocycles. The maximum absolute atomic E-state index is 11.7. The number of hydrogen-bond acceptors (Lipinski definition) is 4. The third-order valence-corrected chi connectivity index (χ3v) is 3.62. The lowest BCUT2D eigenvalue weighted by atomic mass is 10.1. The molecule has 1 amide bonds. The molecule has 0 heterocycles. The van der Waals surface area contributed by atoms with E-state index in [4.69, 9.17) is 14.7 Å². The summed E-state index contributed by atoms with van der Waals surface area (Å²) in [4.78, 5) is 27.6. The third kappa shape index (κ3) is 4.96. The van der Waals surface area contributed by atoms with Gasteiger partial charge in [0.15, 0.2) is 6.10 Å². The van der Waals surface area contributed by atoms with Gasteiger partial charge in [-0.25, -0.2) is 9.59 Å². The molecule has 2 aromatic rings. The summed E-state index contributed by atoms with van der Waals surface area (Å²) in [6, 6.07) is 13.5. The van der Waals surface area contributed by atoms with E-state index in [1.165, 1.54) is 0 Å². The van der Waals surface area contributed by atoms with Crippen molar-refractivity contribution in [2.45, 2.75) is 38.9 Å². The number of carboxylic acid groups (broad SMARTS) is 1. The number of rotatable bonds is 8. The van der Waals surface area contributed by atoms with Crippen molar-refractivity contribution in [1.29, 1.82) is 0 Å². The van der Waals surface area contributed by atoms with Crippen LogP contribution in [0.2, 0.25) is 0 Å². The van der Waals surface area contributed by atoms with Crippen LogP contribution in [0.4, 0.5) is 4.79 Å². The van der Waals surface area contributed by atoms with Crippen LogP contribution in [0.5, 0.6) is 0 Å². The molecule has 0 saturated carbocycles. The predicted octanol–water partition coefficient (Wildman–Crippen LogP) is 3.64. The number of benzene rings is 2. The highest BCUT2D eigenvalue weighted by Gasteiger charge is 2.19. The quantitative estimate of drug-likeness (QED) is 0.721. The van der Waals surface area contributed by atoms with Crippen molar-refractivity contribution in [2.75, 3.05) is 0 Å². The van der Waals surface area contributed by atoms with Crippen LogP contribution >= 0.6 is 0 Å². The Bertz CT molecular complexity index is 695. The smallest absolute Gasteiger partial charge is 0.431 e. The fraction of sp³-hybridized carbons (Fsp3) is 0.333. The number of carboxylic acids is 1. The normalized spacial score (nSPS) is 11.9. The molecular weight excluding hydrogens is 310 g/mol. The Hall–Kier alpha value is -2.60. The summed E-state index contributed by atoms with van der Waals surface area (Å²) < 4.78 is 5.10. The average molecular weight is 331 g/mol. The highest BCUT2D eigenvalue weighted by atomic mass is 16.7. The Morgan fingerprint density at radius 2 is 1.92 bits per heavy atom. The number of hydroxylamine groups is 1. The van der Waals surface area contributed by atoms with Gasteiger partial charge < -0.3 is 9.84 Å². The van der Waals surface area contributed by atoms with Crippen LogP contribution in [-0.4, -0.2) is 23.3 Å². The second kappa shape index (κ2) is 8.88. The number of ether oxygens (including phenoxy) is 1. The van der Waals surface area contributed by atoms with Gasteiger partial charge in [-0.15, -0.1) is 0 Å². The number of aliphatic carboxylic acids is 1. The van der Waals surface area contributed by atoms with Crippen LogP contribution in [0.15, 0.2) is 42.5 Å². The minimum atomic E-state index is -1.11. The van der Waals surface area contributed by atoms with Crippen molar-refractivity contribution in [3.05, 3.63) is 48.0 Å². The van der Waals surface area contributed by atoms with Gasteiger partial charge in [-0.05, 0) is 22.8 Å². The van der Waals surface area contributed by atoms with Crippen molar-refractivity contribution in [3.63, 3.8) is 0 Å². The molecule has 128 valence electrons. The van der Waals surface area contributed by atoms with Gasteiger partial charge in [-0.1, -0.05) is 62.2 Å². The van der Waals surface area contributed by atoms with Crippen molar-refractivity contribution in [2.24, 2.45) is 0 Å². The molecule has 24 heavy (non-hydrogen) atoms. The van der Waals surface area contributed by atoms with Crippen molar-refractivity contribution >= 4 is 22.8 Å². The third-order valence-electron chi connectivity index (χ3n) is 3.62. The predicted molar refractivity (Wildman–Crippen MR) is 89.3 cm³/mol. The van der Waals surface area contributed by atoms with E-state index in [9.17, 15) is 9.59 Å². The van der Waals surface area contributed by atoms with Crippen LogP contribution in [0.3, 0.4) is 0 Å². The lowest BCUT2D eigenvalue weighted by Crippen LogP contribution is -2.34. The Morgan fingerprint density at radius 3 is 2.67 bits per heavy atom. The summed E-state index contributed by atoms with van der Waals surface area (Å²) in [5.74, 6) is -1.11. The van der Waals surface area contributed by atoms with Gasteiger partial charge in [0.2, 0.25) is 0 Å². The summed E-state index contributed by atoms with van der Waals surface area (Å²) in [5, 5.41) is 11.1. The summed E-state index contributed by atoms with van der Waals surface area (Å²) in [5.41, 5.74) is 2.91. The summed E-state index contributed by atoms with van der Waals surface area (Å²) >= 11 is 0. The largest absolute Gasteiger partial charge is 0.479 e. The van der Waals surface area contributed by atoms with Crippen molar-refractivity contribution in [1.82, 2.24) is 5.48 Å². The van der Waals surface area contributed by atoms with Crippen LogP contribution in [0.1, 0.15) is 31.7 Å². The minimum Gasteiger partial charge on any atom is -0.479 e. The lowest BCUT2D eigenvalue weighted by Gasteiger charge is -2.13. The molecule has 6 nitrogen and oxygen atoms in total. The molecule has 0 unspecified atom stereocenters. The number of amides is 1. The number of hydrogen-bond donors (Lipinski definition) is 2. The SMILES string of the molecule is CCCC[C@H](ONC(=O)OCc1cccc2ccccc12)C(=O)O. The highest BCUT2D eigenvalue weighted by molar-refractivity contribution is 5.85. The van der Waals surface area contributed by atoms with Gasteiger partial charge in [0, 0.05) is 0 Å². The lowest BCUT2D eigenvalue weighted by molar-refractivity contribution is -0.155. The minimum absolute atomic E-state index is 0.0727. The average Bonchev–Trinajstić information content (AvgIpc) is 2.59. The summed E-state index contributed by atoms with van der Waals surface area (Å²) in [7, 11) is 0. The Kier molecular flexibility index (Phi) is 6.57. The van der Waals surface area contributed by atoms with Gasteiger partial charge in [0.25, 0.3) is 0 Å². The van der Waals surface area contributed by atoms with E-state index in [0.717, 1.165) is 22.8 Å². The molecule has 0 aliphatic rings. The maximum Gasteiger partial charge on any atom is 0.431 e. The Labute approximate surface area is 140 Å². The molecule has 0 spiro atoms. The number of carbonyl (C=O) groups is 2. The van der Waals surface area contributed by atoms with E-state index in [2.05, 4.69) is 0 Å². The topological polar surface area (TPSA) is 84.9 Å². The van der Waals surface area contributed by atoms with Crippen molar-refractivity contribution in [3.8, 4) is 0 Å². The zero-order chi connectivity index (χ0) is 17.4. The van der Waals surface area contributed by atoms with E-state index in [0.29, 0.717) is 12.8 Å². The second-order valence-electron chi connectivity index (χ2n) is 5.40. The molecule has 0 aromatic heterocycles. The molecule has 0 fully saturated rings. The number of carbonyl (C=O) groups excluding carboxylic acids is 1. The van der Waals surface area contributed by atoms with Crippen LogP contribution < -0.4 is 5.48 Å². The number of nitrogens with one attached hydrogen (secondary N) is 1. The molecule has 2 rings (SSSR count). The zero-order valence-electron chi connectivity index (χ0n) is 13.5. The van der Waals surface area contributed by atoms with Crippen LogP contribution in [-0.2, 0) is 21.0 Å². The maximum atomic E-state index is 11.7. The van der Waals surface area contributed by atoms with E-state index in [-0.39, 0.29) is 6.61 Å². The number of unbranched alkanes of at least 4 members (excludes halogenated alkanes) is 1. The van der Waals surface area contributed by atoms with Gasteiger partial charge in [0.1, 0.15) is 6.61 Å². The molecule has 0 saturated heterocycles. The van der Waals surface area contributed by atoms with Crippen LogP contribution in [0.25, 0.3) is 10.8 Å². The van der Waals surface area contributed by atoms with Gasteiger partial charge >= 0.3 is 12.1 Å². The molecule has 6 heteroatoms. The van der Waals surface area contributed by atoms with Crippen LogP contribution in [0, 0.1) is 0 Å². The van der Waals surface area contributed by atoms with E-state index in [1.54, 1.807) is 0 Å². The summed E-state index contributed by atoms with van der Waals surface area (Å²) in [6.07, 6.45) is -0.0154. The molecule has 0 aliphatic heterocycles.